The summed E-state index contributed by atoms with van der Waals surface area (Å²) in [4.78, 5) is 28.1. The third-order valence-corrected chi connectivity index (χ3v) is 5.37. The van der Waals surface area contributed by atoms with E-state index in [1.165, 1.54) is 23.1 Å². The number of anilines is 1. The van der Waals surface area contributed by atoms with Gasteiger partial charge in [0.15, 0.2) is 5.16 Å². The van der Waals surface area contributed by atoms with Gasteiger partial charge in [-0.15, -0.1) is 11.3 Å². The molecule has 0 aliphatic heterocycles. The number of amides is 2. The predicted molar refractivity (Wildman–Crippen MR) is 100 cm³/mol. The number of nitrogens with zero attached hydrogens (tertiary/aromatic N) is 2. The van der Waals surface area contributed by atoms with E-state index in [9.17, 15) is 9.59 Å². The molecule has 0 fully saturated rings. The van der Waals surface area contributed by atoms with E-state index in [-0.39, 0.29) is 5.91 Å². The first-order valence-corrected chi connectivity index (χ1v) is 9.26. The van der Waals surface area contributed by atoms with Crippen molar-refractivity contribution in [2.75, 3.05) is 5.32 Å². The van der Waals surface area contributed by atoms with Gasteiger partial charge in [0.1, 0.15) is 5.00 Å². The van der Waals surface area contributed by atoms with E-state index in [1.807, 2.05) is 41.1 Å². The number of benzene rings is 1. The quantitative estimate of drug-likeness (QED) is 0.651. The first-order chi connectivity index (χ1) is 12.1. The first kappa shape index (κ1) is 17.2. The lowest BCUT2D eigenvalue weighted by molar-refractivity contribution is -0.115. The molecule has 1 atom stereocenters. The van der Waals surface area contributed by atoms with Gasteiger partial charge in [-0.05, 0) is 30.5 Å². The van der Waals surface area contributed by atoms with Gasteiger partial charge < -0.3 is 11.1 Å². The van der Waals surface area contributed by atoms with Gasteiger partial charge in [0.25, 0.3) is 5.91 Å². The molecule has 0 spiro atoms. The van der Waals surface area contributed by atoms with Crippen molar-refractivity contribution in [3.05, 3.63) is 59.7 Å². The lowest BCUT2D eigenvalue weighted by Gasteiger charge is -2.13. The lowest BCUT2D eigenvalue weighted by Crippen LogP contribution is -2.24. The van der Waals surface area contributed by atoms with E-state index in [1.54, 1.807) is 24.6 Å². The Morgan fingerprint density at radius 1 is 1.28 bits per heavy atom. The zero-order valence-electron chi connectivity index (χ0n) is 13.4. The second-order valence-electron chi connectivity index (χ2n) is 5.19. The minimum atomic E-state index is -0.559. The monoisotopic (exact) mass is 372 g/mol. The minimum absolute atomic E-state index is 0.211. The number of thiophene rings is 1. The van der Waals surface area contributed by atoms with Crippen molar-refractivity contribution in [3.63, 3.8) is 0 Å². The molecule has 8 heteroatoms. The zero-order chi connectivity index (χ0) is 17.8. The van der Waals surface area contributed by atoms with Gasteiger partial charge in [0.2, 0.25) is 5.91 Å². The molecule has 0 aliphatic rings. The highest BCUT2D eigenvalue weighted by Gasteiger charge is 2.20. The van der Waals surface area contributed by atoms with Crippen LogP contribution < -0.4 is 11.1 Å². The molecular weight excluding hydrogens is 356 g/mol. The fourth-order valence-electron chi connectivity index (χ4n) is 2.19. The summed E-state index contributed by atoms with van der Waals surface area (Å²) in [6.45, 7) is 1.79. The Bertz CT molecular complexity index is 889. The third kappa shape index (κ3) is 3.92. The number of rotatable bonds is 6. The number of hydrogen-bond acceptors (Lipinski definition) is 5. The summed E-state index contributed by atoms with van der Waals surface area (Å²) < 4.78 is 1.93. The molecule has 3 rings (SSSR count). The number of para-hydroxylation sites is 1. The molecule has 1 aromatic carbocycles. The average Bonchev–Trinajstić information content (AvgIpc) is 3.25. The topological polar surface area (TPSA) is 90.0 Å². The normalized spacial score (nSPS) is 11.9. The maximum absolute atomic E-state index is 12.4. The second-order valence-corrected chi connectivity index (χ2v) is 7.42. The van der Waals surface area contributed by atoms with Crippen molar-refractivity contribution in [1.29, 1.82) is 0 Å². The highest BCUT2D eigenvalue weighted by molar-refractivity contribution is 8.00. The molecular formula is C17H16N4O2S2. The van der Waals surface area contributed by atoms with Crippen LogP contribution >= 0.6 is 23.1 Å². The summed E-state index contributed by atoms with van der Waals surface area (Å²) in [6.07, 6.45) is 3.55. The van der Waals surface area contributed by atoms with Gasteiger partial charge in [-0.2, -0.15) is 0 Å². The average molecular weight is 372 g/mol. The smallest absolute Gasteiger partial charge is 0.251 e. The molecule has 128 valence electrons. The number of imidazole rings is 1. The summed E-state index contributed by atoms with van der Waals surface area (Å²) in [6, 6.07) is 11.4. The minimum Gasteiger partial charge on any atom is -0.366 e. The largest absolute Gasteiger partial charge is 0.366 e. The van der Waals surface area contributed by atoms with Crippen molar-refractivity contribution < 1.29 is 9.59 Å². The van der Waals surface area contributed by atoms with Crippen molar-refractivity contribution in [3.8, 4) is 5.69 Å². The molecule has 0 saturated heterocycles. The summed E-state index contributed by atoms with van der Waals surface area (Å²) >= 11 is 2.61. The van der Waals surface area contributed by atoms with E-state index in [0.717, 1.165) is 10.8 Å². The molecule has 25 heavy (non-hydrogen) atoms. The summed E-state index contributed by atoms with van der Waals surface area (Å²) in [5.74, 6) is -0.769. The number of aromatic nitrogens is 2. The van der Waals surface area contributed by atoms with Crippen LogP contribution in [0.2, 0.25) is 0 Å². The predicted octanol–water partition coefficient (Wildman–Crippen LogP) is 3.15. The number of carbonyl (C=O) groups is 2. The number of nitrogens with one attached hydrogen (secondary N) is 1. The number of hydrogen-bond donors (Lipinski definition) is 2. The van der Waals surface area contributed by atoms with Gasteiger partial charge in [-0.25, -0.2) is 4.98 Å². The van der Waals surface area contributed by atoms with E-state index in [0.29, 0.717) is 10.6 Å². The van der Waals surface area contributed by atoms with Crippen molar-refractivity contribution in [2.45, 2.75) is 17.3 Å². The van der Waals surface area contributed by atoms with Crippen LogP contribution in [0.4, 0.5) is 5.00 Å². The number of primary amides is 1. The molecule has 2 aromatic heterocycles. The molecule has 3 aromatic rings. The van der Waals surface area contributed by atoms with E-state index in [2.05, 4.69) is 10.3 Å². The van der Waals surface area contributed by atoms with Gasteiger partial charge >= 0.3 is 0 Å². The Morgan fingerprint density at radius 3 is 2.76 bits per heavy atom. The summed E-state index contributed by atoms with van der Waals surface area (Å²) in [7, 11) is 0. The molecule has 3 N–H and O–H groups in total. The van der Waals surface area contributed by atoms with Gasteiger partial charge in [-0.3, -0.25) is 14.2 Å². The number of carbonyl (C=O) groups excluding carboxylic acids is 2. The number of nitrogens with two attached hydrogens (primary N) is 1. The third-order valence-electron chi connectivity index (χ3n) is 3.46. The van der Waals surface area contributed by atoms with Gasteiger partial charge in [0, 0.05) is 18.1 Å². The van der Waals surface area contributed by atoms with Crippen LogP contribution in [-0.2, 0) is 4.79 Å². The van der Waals surface area contributed by atoms with Crippen molar-refractivity contribution in [2.24, 2.45) is 5.73 Å². The van der Waals surface area contributed by atoms with Gasteiger partial charge in [-0.1, -0.05) is 30.0 Å². The Labute approximate surface area is 153 Å². The van der Waals surface area contributed by atoms with E-state index < -0.39 is 11.2 Å². The van der Waals surface area contributed by atoms with E-state index in [4.69, 9.17) is 5.73 Å². The Morgan fingerprint density at radius 2 is 2.04 bits per heavy atom. The maximum atomic E-state index is 12.4. The molecule has 0 aliphatic carbocycles. The number of thioether (sulfide) groups is 1. The SMILES string of the molecule is C[C@H](Sc1nccn1-c1ccccc1)C(=O)Nc1sccc1C(N)=O. The highest BCUT2D eigenvalue weighted by Crippen LogP contribution is 2.27. The van der Waals surface area contributed by atoms with Crippen LogP contribution in [0.5, 0.6) is 0 Å². The molecule has 0 unspecified atom stereocenters. The standard InChI is InChI=1S/C17H16N4O2S2/c1-11(15(23)20-16-13(14(18)22)7-10-24-16)25-17-19-8-9-21(17)12-5-3-2-4-6-12/h2-11H,1H3,(H2,18,22)(H,20,23)/t11-/m0/s1. The Balaban J connectivity index is 1.72. The van der Waals surface area contributed by atoms with Gasteiger partial charge in [0.05, 0.1) is 10.8 Å². The molecule has 0 radical (unpaired) electrons. The van der Waals surface area contributed by atoms with Crippen molar-refractivity contribution in [1.82, 2.24) is 9.55 Å². The van der Waals surface area contributed by atoms with Crippen LogP contribution in [0, 0.1) is 0 Å². The molecule has 2 amide bonds. The van der Waals surface area contributed by atoms with Crippen LogP contribution in [0.1, 0.15) is 17.3 Å². The van der Waals surface area contributed by atoms with Crippen molar-refractivity contribution >= 4 is 39.9 Å². The molecule has 0 bridgehead atoms. The highest BCUT2D eigenvalue weighted by atomic mass is 32.2. The fraction of sp³-hybridized carbons (Fsp3) is 0.118. The lowest BCUT2D eigenvalue weighted by atomic mass is 10.3. The summed E-state index contributed by atoms with van der Waals surface area (Å²) in [5, 5.41) is 5.27. The second kappa shape index (κ2) is 7.54. The van der Waals surface area contributed by atoms with Crippen LogP contribution in [-0.4, -0.2) is 26.6 Å². The summed E-state index contributed by atoms with van der Waals surface area (Å²) in [5.41, 5.74) is 6.60. The van der Waals surface area contributed by atoms with Crippen LogP contribution in [0.3, 0.4) is 0 Å². The fourth-order valence-corrected chi connectivity index (χ4v) is 3.87. The molecule has 0 saturated carbocycles. The van der Waals surface area contributed by atoms with Crippen LogP contribution in [0.15, 0.2) is 59.3 Å². The van der Waals surface area contributed by atoms with Crippen LogP contribution in [0.25, 0.3) is 5.69 Å². The molecule has 2 heterocycles. The Kier molecular flexibility index (Phi) is 5.20. The first-order valence-electron chi connectivity index (χ1n) is 7.50. The zero-order valence-corrected chi connectivity index (χ0v) is 15.0. The maximum Gasteiger partial charge on any atom is 0.251 e. The van der Waals surface area contributed by atoms with E-state index >= 15 is 0 Å². The molecule has 6 nitrogen and oxygen atoms in total. The Hall–Kier alpha value is -2.58.